The van der Waals surface area contributed by atoms with Crippen LogP contribution in [0.25, 0.3) is 0 Å². The molecule has 0 bridgehead atoms. The highest BCUT2D eigenvalue weighted by molar-refractivity contribution is 6.30. The third kappa shape index (κ3) is 3.07. The molecule has 1 aliphatic heterocycles. The van der Waals surface area contributed by atoms with Crippen molar-refractivity contribution in [2.24, 2.45) is 0 Å². The van der Waals surface area contributed by atoms with Gasteiger partial charge in [-0.3, -0.25) is 9.78 Å². The number of pyridine rings is 1. The number of hydrogen-bond donors (Lipinski definition) is 1. The second kappa shape index (κ2) is 6.35. The maximum absolute atomic E-state index is 12.2. The summed E-state index contributed by atoms with van der Waals surface area (Å²) >= 11 is 5.85. The van der Waals surface area contributed by atoms with Crippen LogP contribution in [0.3, 0.4) is 0 Å². The molecule has 19 heavy (non-hydrogen) atoms. The molecular formula is C14H19ClN2O2. The van der Waals surface area contributed by atoms with E-state index in [0.29, 0.717) is 11.4 Å². The zero-order valence-electron chi connectivity index (χ0n) is 11.1. The first kappa shape index (κ1) is 14.3. The van der Waals surface area contributed by atoms with Crippen LogP contribution in [0.4, 0.5) is 0 Å². The van der Waals surface area contributed by atoms with Crippen molar-refractivity contribution in [2.45, 2.75) is 44.7 Å². The Balaban J connectivity index is 2.29. The molecule has 0 radical (unpaired) electrons. The number of aromatic nitrogens is 1. The Labute approximate surface area is 118 Å². The number of aliphatic hydroxyl groups is 1. The molecular weight excluding hydrogens is 264 g/mol. The predicted octanol–water partition coefficient (Wildman–Crippen LogP) is 2.56. The minimum Gasteiger partial charge on any atom is -0.394 e. The predicted molar refractivity (Wildman–Crippen MR) is 73.8 cm³/mol. The summed E-state index contributed by atoms with van der Waals surface area (Å²) < 4.78 is 0. The molecule has 2 heterocycles. The number of aliphatic hydroxyl groups excluding tert-OH is 1. The van der Waals surface area contributed by atoms with E-state index in [0.717, 1.165) is 25.0 Å². The highest BCUT2D eigenvalue weighted by atomic mass is 35.5. The van der Waals surface area contributed by atoms with Crippen molar-refractivity contribution >= 4 is 17.5 Å². The lowest BCUT2D eigenvalue weighted by Gasteiger charge is -2.40. The first-order valence-corrected chi connectivity index (χ1v) is 7.08. The van der Waals surface area contributed by atoms with E-state index in [4.69, 9.17) is 11.6 Å². The monoisotopic (exact) mass is 282 g/mol. The summed E-state index contributed by atoms with van der Waals surface area (Å²) in [6.07, 6.45) is 4.66. The fourth-order valence-corrected chi connectivity index (χ4v) is 2.75. The second-order valence-corrected chi connectivity index (χ2v) is 5.29. The zero-order valence-corrected chi connectivity index (χ0v) is 11.8. The van der Waals surface area contributed by atoms with Gasteiger partial charge in [0.15, 0.2) is 0 Å². The van der Waals surface area contributed by atoms with Gasteiger partial charge in [0, 0.05) is 12.6 Å². The third-order valence-corrected chi connectivity index (χ3v) is 3.88. The summed E-state index contributed by atoms with van der Waals surface area (Å²) in [4.78, 5) is 18.3. The van der Waals surface area contributed by atoms with E-state index < -0.39 is 0 Å². The second-order valence-electron chi connectivity index (χ2n) is 4.85. The van der Waals surface area contributed by atoms with Gasteiger partial charge in [-0.05, 0) is 31.4 Å². The maximum Gasteiger partial charge on any atom is 0.223 e. The van der Waals surface area contributed by atoms with Crippen LogP contribution in [0.15, 0.2) is 18.3 Å². The number of rotatable bonds is 4. The van der Waals surface area contributed by atoms with Crippen LogP contribution in [-0.2, 0) is 4.79 Å². The van der Waals surface area contributed by atoms with E-state index in [1.165, 1.54) is 0 Å². The fraction of sp³-hybridized carbons (Fsp3) is 0.571. The standard InChI is InChI=1S/C14H19ClN2O2/c1-2-11(9-18)17-13(4-3-5-14(17)19)12-7-6-10(15)8-16-12/h6-8,11,13,18H,2-5,9H2,1H3/t11-,13?/m0/s1. The van der Waals surface area contributed by atoms with Crippen LogP contribution in [0.2, 0.25) is 5.02 Å². The summed E-state index contributed by atoms with van der Waals surface area (Å²) in [6, 6.07) is 3.48. The topological polar surface area (TPSA) is 53.4 Å². The van der Waals surface area contributed by atoms with Crippen LogP contribution in [0, 0.1) is 0 Å². The lowest BCUT2D eigenvalue weighted by molar-refractivity contribution is -0.141. The third-order valence-electron chi connectivity index (χ3n) is 3.66. The molecule has 0 aromatic carbocycles. The summed E-state index contributed by atoms with van der Waals surface area (Å²) in [7, 11) is 0. The first-order valence-electron chi connectivity index (χ1n) is 6.70. The number of likely N-dealkylation sites (tertiary alicyclic amines) is 1. The van der Waals surface area contributed by atoms with Crippen LogP contribution in [0.1, 0.15) is 44.3 Å². The lowest BCUT2D eigenvalue weighted by Crippen LogP contribution is -2.47. The normalized spacial score (nSPS) is 21.5. The van der Waals surface area contributed by atoms with Gasteiger partial charge in [0.2, 0.25) is 5.91 Å². The largest absolute Gasteiger partial charge is 0.394 e. The minimum absolute atomic E-state index is 0.00761. The van der Waals surface area contributed by atoms with Gasteiger partial charge in [-0.1, -0.05) is 18.5 Å². The zero-order chi connectivity index (χ0) is 13.8. The van der Waals surface area contributed by atoms with Gasteiger partial charge < -0.3 is 10.0 Å². The Hall–Kier alpha value is -1.13. The van der Waals surface area contributed by atoms with E-state index in [1.807, 2.05) is 13.0 Å². The molecule has 0 spiro atoms. The summed E-state index contributed by atoms with van der Waals surface area (Å²) in [5, 5.41) is 10.1. The van der Waals surface area contributed by atoms with E-state index in [9.17, 15) is 9.90 Å². The van der Waals surface area contributed by atoms with E-state index >= 15 is 0 Å². The number of carbonyl (C=O) groups is 1. The van der Waals surface area contributed by atoms with Gasteiger partial charge in [0.1, 0.15) is 0 Å². The van der Waals surface area contributed by atoms with Crippen molar-refractivity contribution in [3.05, 3.63) is 29.0 Å². The molecule has 2 atom stereocenters. The number of amides is 1. The van der Waals surface area contributed by atoms with Gasteiger partial charge in [-0.2, -0.15) is 0 Å². The van der Waals surface area contributed by atoms with Crippen molar-refractivity contribution in [1.82, 2.24) is 9.88 Å². The molecule has 1 saturated heterocycles. The van der Waals surface area contributed by atoms with Gasteiger partial charge in [0.25, 0.3) is 0 Å². The van der Waals surface area contributed by atoms with Crippen LogP contribution < -0.4 is 0 Å². The van der Waals surface area contributed by atoms with E-state index in [2.05, 4.69) is 4.98 Å². The SMILES string of the molecule is CC[C@@H](CO)N1C(=O)CCCC1c1ccc(Cl)cn1. The lowest BCUT2D eigenvalue weighted by atomic mass is 9.95. The Kier molecular flexibility index (Phi) is 4.77. The van der Waals surface area contributed by atoms with Gasteiger partial charge in [-0.25, -0.2) is 0 Å². The van der Waals surface area contributed by atoms with Crippen LogP contribution in [0.5, 0.6) is 0 Å². The Morgan fingerprint density at radius 3 is 2.95 bits per heavy atom. The molecule has 2 rings (SSSR count). The number of carbonyl (C=O) groups excluding carboxylic acids is 1. The molecule has 1 unspecified atom stereocenters. The van der Waals surface area contributed by atoms with Crippen molar-refractivity contribution in [2.75, 3.05) is 6.61 Å². The Morgan fingerprint density at radius 1 is 1.58 bits per heavy atom. The summed E-state index contributed by atoms with van der Waals surface area (Å²) in [6.45, 7) is 1.97. The molecule has 5 heteroatoms. The fourth-order valence-electron chi connectivity index (χ4n) is 2.64. The minimum atomic E-state index is -0.129. The van der Waals surface area contributed by atoms with Gasteiger partial charge >= 0.3 is 0 Å². The Morgan fingerprint density at radius 2 is 2.37 bits per heavy atom. The number of nitrogens with zero attached hydrogens (tertiary/aromatic N) is 2. The maximum atomic E-state index is 12.2. The first-order chi connectivity index (χ1) is 9.17. The van der Waals surface area contributed by atoms with Gasteiger partial charge in [-0.15, -0.1) is 0 Å². The molecule has 0 saturated carbocycles. The molecule has 0 aliphatic carbocycles. The molecule has 1 fully saturated rings. The quantitative estimate of drug-likeness (QED) is 0.923. The average Bonchev–Trinajstić information content (AvgIpc) is 2.43. The molecule has 1 aromatic heterocycles. The van der Waals surface area contributed by atoms with Crippen LogP contribution in [-0.4, -0.2) is 33.5 Å². The average molecular weight is 283 g/mol. The molecule has 104 valence electrons. The molecule has 1 amide bonds. The Bertz CT molecular complexity index is 432. The number of piperidine rings is 1. The smallest absolute Gasteiger partial charge is 0.223 e. The van der Waals surface area contributed by atoms with Crippen LogP contribution >= 0.6 is 11.6 Å². The highest BCUT2D eigenvalue weighted by Gasteiger charge is 2.34. The molecule has 1 aliphatic rings. The molecule has 4 nitrogen and oxygen atoms in total. The van der Waals surface area contributed by atoms with E-state index in [-0.39, 0.29) is 24.6 Å². The van der Waals surface area contributed by atoms with Crippen molar-refractivity contribution in [3.8, 4) is 0 Å². The van der Waals surface area contributed by atoms with Crippen molar-refractivity contribution < 1.29 is 9.90 Å². The summed E-state index contributed by atoms with van der Waals surface area (Å²) in [5.74, 6) is 0.105. The molecule has 1 aromatic rings. The molecule has 1 N–H and O–H groups in total. The highest BCUT2D eigenvalue weighted by Crippen LogP contribution is 2.33. The van der Waals surface area contributed by atoms with E-state index in [1.54, 1.807) is 17.2 Å². The summed E-state index contributed by atoms with van der Waals surface area (Å²) in [5.41, 5.74) is 0.851. The van der Waals surface area contributed by atoms with Crippen molar-refractivity contribution in [3.63, 3.8) is 0 Å². The number of hydrogen-bond acceptors (Lipinski definition) is 3. The van der Waals surface area contributed by atoms with Crippen molar-refractivity contribution in [1.29, 1.82) is 0 Å². The van der Waals surface area contributed by atoms with Gasteiger partial charge in [0.05, 0.1) is 29.4 Å². The number of halogens is 1.